The van der Waals surface area contributed by atoms with Gasteiger partial charge >= 0.3 is 0 Å². The van der Waals surface area contributed by atoms with Crippen molar-refractivity contribution in [2.45, 2.75) is 33.6 Å². The topological polar surface area (TPSA) is 15.3 Å². The predicted molar refractivity (Wildman–Crippen MR) is 70.3 cm³/mol. The van der Waals surface area contributed by atoms with Crippen LogP contribution in [0.2, 0.25) is 0 Å². The fraction of sp³-hybridized carbons (Fsp3) is 0.857. The summed E-state index contributed by atoms with van der Waals surface area (Å²) in [6.45, 7) is 12.3. The van der Waals surface area contributed by atoms with Crippen molar-refractivity contribution < 1.29 is 0 Å². The molecule has 0 aromatic rings. The standard InChI is InChI=1S/C14H26N2/c1-5-9-16(10-6-2)12-14(13(3)4)7-8-15-11-14/h1,13,15H,6-12H2,2-4H3. The summed E-state index contributed by atoms with van der Waals surface area (Å²) < 4.78 is 0. The molecule has 0 radical (unpaired) electrons. The maximum absolute atomic E-state index is 5.45. The Hall–Kier alpha value is -0.520. The molecule has 2 heteroatoms. The van der Waals surface area contributed by atoms with Crippen LogP contribution in [-0.4, -0.2) is 37.6 Å². The van der Waals surface area contributed by atoms with Crippen molar-refractivity contribution in [2.75, 3.05) is 32.7 Å². The molecule has 16 heavy (non-hydrogen) atoms. The molecule has 0 saturated carbocycles. The normalized spacial score (nSPS) is 25.2. The summed E-state index contributed by atoms with van der Waals surface area (Å²) in [7, 11) is 0. The maximum atomic E-state index is 5.45. The van der Waals surface area contributed by atoms with Crippen molar-refractivity contribution in [3.63, 3.8) is 0 Å². The minimum absolute atomic E-state index is 0.437. The number of nitrogens with one attached hydrogen (secondary N) is 1. The highest BCUT2D eigenvalue weighted by molar-refractivity contribution is 4.95. The zero-order valence-corrected chi connectivity index (χ0v) is 11.1. The molecule has 0 aliphatic carbocycles. The van der Waals surface area contributed by atoms with E-state index in [9.17, 15) is 0 Å². The molecule has 0 bridgehead atoms. The molecule has 0 aromatic carbocycles. The molecule has 0 spiro atoms. The van der Waals surface area contributed by atoms with E-state index < -0.39 is 0 Å². The van der Waals surface area contributed by atoms with Crippen molar-refractivity contribution in [1.82, 2.24) is 10.2 Å². The van der Waals surface area contributed by atoms with E-state index in [-0.39, 0.29) is 0 Å². The second-order valence-electron chi connectivity index (χ2n) is 5.36. The molecule has 0 aromatic heterocycles. The lowest BCUT2D eigenvalue weighted by Gasteiger charge is -2.37. The Morgan fingerprint density at radius 3 is 2.69 bits per heavy atom. The Labute approximate surface area is 101 Å². The Bertz CT molecular complexity index is 234. The van der Waals surface area contributed by atoms with Gasteiger partial charge in [-0.05, 0) is 37.3 Å². The van der Waals surface area contributed by atoms with E-state index in [0.717, 1.165) is 38.6 Å². The highest BCUT2D eigenvalue weighted by atomic mass is 15.1. The monoisotopic (exact) mass is 222 g/mol. The lowest BCUT2D eigenvalue weighted by molar-refractivity contribution is 0.127. The first-order valence-corrected chi connectivity index (χ1v) is 6.51. The van der Waals surface area contributed by atoms with Crippen LogP contribution in [-0.2, 0) is 0 Å². The molecule has 1 aliphatic rings. The zero-order chi connectivity index (χ0) is 12.0. The van der Waals surface area contributed by atoms with Gasteiger partial charge in [-0.25, -0.2) is 0 Å². The van der Waals surface area contributed by atoms with E-state index in [2.05, 4.69) is 36.9 Å². The minimum atomic E-state index is 0.437. The van der Waals surface area contributed by atoms with Gasteiger partial charge in [-0.1, -0.05) is 26.7 Å². The first-order chi connectivity index (χ1) is 7.64. The van der Waals surface area contributed by atoms with Crippen LogP contribution in [0.1, 0.15) is 33.6 Å². The molecule has 1 N–H and O–H groups in total. The van der Waals surface area contributed by atoms with Crippen molar-refractivity contribution in [3.05, 3.63) is 0 Å². The Balaban J connectivity index is 2.62. The van der Waals surface area contributed by atoms with Gasteiger partial charge < -0.3 is 5.32 Å². The second-order valence-corrected chi connectivity index (χ2v) is 5.36. The van der Waals surface area contributed by atoms with Gasteiger partial charge in [0, 0.05) is 13.1 Å². The third-order valence-electron chi connectivity index (χ3n) is 3.89. The summed E-state index contributed by atoms with van der Waals surface area (Å²) in [6.07, 6.45) is 7.92. The Morgan fingerprint density at radius 2 is 2.25 bits per heavy atom. The second kappa shape index (κ2) is 6.27. The molecule has 1 atom stereocenters. The van der Waals surface area contributed by atoms with Crippen LogP contribution >= 0.6 is 0 Å². The van der Waals surface area contributed by atoms with E-state index in [1.54, 1.807) is 0 Å². The molecular formula is C14H26N2. The fourth-order valence-corrected chi connectivity index (χ4v) is 2.68. The summed E-state index contributed by atoms with van der Waals surface area (Å²) >= 11 is 0. The van der Waals surface area contributed by atoms with Gasteiger partial charge in [-0.2, -0.15) is 0 Å². The number of terminal acetylenes is 1. The first-order valence-electron chi connectivity index (χ1n) is 6.51. The lowest BCUT2D eigenvalue weighted by atomic mass is 9.76. The van der Waals surface area contributed by atoms with Gasteiger partial charge in [0.05, 0.1) is 6.54 Å². The van der Waals surface area contributed by atoms with E-state index in [1.165, 1.54) is 12.8 Å². The molecule has 1 saturated heterocycles. The minimum Gasteiger partial charge on any atom is -0.316 e. The fourth-order valence-electron chi connectivity index (χ4n) is 2.68. The molecule has 1 rings (SSSR count). The van der Waals surface area contributed by atoms with Crippen LogP contribution in [0.15, 0.2) is 0 Å². The number of hydrogen-bond donors (Lipinski definition) is 1. The summed E-state index contributed by atoms with van der Waals surface area (Å²) in [5.74, 6) is 3.51. The largest absolute Gasteiger partial charge is 0.316 e. The van der Waals surface area contributed by atoms with Crippen molar-refractivity contribution in [2.24, 2.45) is 11.3 Å². The summed E-state index contributed by atoms with van der Waals surface area (Å²) in [6, 6.07) is 0. The molecule has 1 fully saturated rings. The van der Waals surface area contributed by atoms with Gasteiger partial charge in [-0.3, -0.25) is 4.90 Å². The van der Waals surface area contributed by atoms with Crippen LogP contribution < -0.4 is 5.32 Å². The molecular weight excluding hydrogens is 196 g/mol. The molecule has 2 nitrogen and oxygen atoms in total. The van der Waals surface area contributed by atoms with Gasteiger partial charge in [0.1, 0.15) is 0 Å². The van der Waals surface area contributed by atoms with E-state index in [4.69, 9.17) is 6.42 Å². The predicted octanol–water partition coefficient (Wildman–Crippen LogP) is 1.97. The quantitative estimate of drug-likeness (QED) is 0.691. The average molecular weight is 222 g/mol. The van der Waals surface area contributed by atoms with Crippen LogP contribution in [0, 0.1) is 23.7 Å². The van der Waals surface area contributed by atoms with Crippen LogP contribution in [0.5, 0.6) is 0 Å². The molecule has 1 heterocycles. The van der Waals surface area contributed by atoms with Gasteiger partial charge in [0.2, 0.25) is 0 Å². The van der Waals surface area contributed by atoms with Crippen molar-refractivity contribution in [3.8, 4) is 12.3 Å². The van der Waals surface area contributed by atoms with E-state index in [1.807, 2.05) is 0 Å². The number of hydrogen-bond acceptors (Lipinski definition) is 2. The average Bonchev–Trinajstić information content (AvgIpc) is 2.68. The smallest absolute Gasteiger partial charge is 0.0599 e. The van der Waals surface area contributed by atoms with Crippen molar-refractivity contribution >= 4 is 0 Å². The lowest BCUT2D eigenvalue weighted by Crippen LogP contribution is -2.43. The third-order valence-corrected chi connectivity index (χ3v) is 3.89. The summed E-state index contributed by atoms with van der Waals surface area (Å²) in [5, 5.41) is 3.51. The maximum Gasteiger partial charge on any atom is 0.0599 e. The summed E-state index contributed by atoms with van der Waals surface area (Å²) in [5.41, 5.74) is 0.437. The van der Waals surface area contributed by atoms with Crippen LogP contribution in [0.4, 0.5) is 0 Å². The highest BCUT2D eigenvalue weighted by Crippen LogP contribution is 2.34. The Kier molecular flexibility index (Phi) is 5.31. The van der Waals surface area contributed by atoms with E-state index in [0.29, 0.717) is 5.41 Å². The molecule has 0 amide bonds. The van der Waals surface area contributed by atoms with Crippen LogP contribution in [0.3, 0.4) is 0 Å². The number of rotatable bonds is 6. The van der Waals surface area contributed by atoms with Gasteiger partial charge in [-0.15, -0.1) is 6.42 Å². The van der Waals surface area contributed by atoms with Crippen molar-refractivity contribution in [1.29, 1.82) is 0 Å². The molecule has 1 unspecified atom stereocenters. The highest BCUT2D eigenvalue weighted by Gasteiger charge is 2.37. The van der Waals surface area contributed by atoms with Gasteiger partial charge in [0.15, 0.2) is 0 Å². The molecule has 92 valence electrons. The Morgan fingerprint density at radius 1 is 1.50 bits per heavy atom. The number of nitrogens with zero attached hydrogens (tertiary/aromatic N) is 1. The summed E-state index contributed by atoms with van der Waals surface area (Å²) in [4.78, 5) is 2.44. The third kappa shape index (κ3) is 3.23. The van der Waals surface area contributed by atoms with Gasteiger partial charge in [0.25, 0.3) is 0 Å². The first kappa shape index (κ1) is 13.5. The SMILES string of the molecule is C#CCN(CCC)CC1(C(C)C)CCNC1. The zero-order valence-electron chi connectivity index (χ0n) is 11.1. The molecule has 1 aliphatic heterocycles. The van der Waals surface area contributed by atoms with E-state index >= 15 is 0 Å². The van der Waals surface area contributed by atoms with Crippen LogP contribution in [0.25, 0.3) is 0 Å².